The molecule has 0 heterocycles. The SMILES string of the molecule is COC(=O)CC1CC(CO)C1.COCOCC1CC(CC(=O)OC)C1. The van der Waals surface area contributed by atoms with Crippen molar-refractivity contribution < 1.29 is 33.6 Å². The summed E-state index contributed by atoms with van der Waals surface area (Å²) >= 11 is 0. The average molecular weight is 360 g/mol. The Bertz CT molecular complexity index is 387. The van der Waals surface area contributed by atoms with E-state index in [0.717, 1.165) is 32.3 Å². The minimum Gasteiger partial charge on any atom is -0.469 e. The Balaban J connectivity index is 0.000000257. The van der Waals surface area contributed by atoms with E-state index in [-0.39, 0.29) is 18.5 Å². The van der Waals surface area contributed by atoms with Gasteiger partial charge in [-0.3, -0.25) is 9.59 Å². The number of hydrogen-bond acceptors (Lipinski definition) is 7. The number of ether oxygens (including phenoxy) is 4. The maximum atomic E-state index is 10.9. The Labute approximate surface area is 150 Å². The summed E-state index contributed by atoms with van der Waals surface area (Å²) in [6.07, 6.45) is 5.17. The predicted octanol–water partition coefficient (Wildman–Crippen LogP) is 1.76. The van der Waals surface area contributed by atoms with Crippen molar-refractivity contribution in [2.45, 2.75) is 38.5 Å². The number of aliphatic hydroxyl groups is 1. The lowest BCUT2D eigenvalue weighted by molar-refractivity contribution is -0.144. The Morgan fingerprint density at radius 2 is 1.32 bits per heavy atom. The van der Waals surface area contributed by atoms with E-state index in [1.54, 1.807) is 7.11 Å². The Hall–Kier alpha value is -1.18. The first kappa shape index (κ1) is 21.9. The molecule has 2 aliphatic rings. The number of carbonyl (C=O) groups excluding carboxylic acids is 2. The molecule has 7 nitrogen and oxygen atoms in total. The molecule has 0 atom stereocenters. The summed E-state index contributed by atoms with van der Waals surface area (Å²) in [5.41, 5.74) is 0. The van der Waals surface area contributed by atoms with Crippen molar-refractivity contribution in [3.05, 3.63) is 0 Å². The molecule has 0 aliphatic heterocycles. The monoisotopic (exact) mass is 360 g/mol. The highest BCUT2D eigenvalue weighted by atomic mass is 16.7. The van der Waals surface area contributed by atoms with Gasteiger partial charge in [0.25, 0.3) is 0 Å². The number of methoxy groups -OCH3 is 3. The van der Waals surface area contributed by atoms with E-state index >= 15 is 0 Å². The lowest BCUT2D eigenvalue weighted by Crippen LogP contribution is -2.29. The first-order valence-electron chi connectivity index (χ1n) is 8.83. The summed E-state index contributed by atoms with van der Waals surface area (Å²) in [4.78, 5) is 21.6. The summed E-state index contributed by atoms with van der Waals surface area (Å²) in [5, 5.41) is 8.68. The number of aliphatic hydroxyl groups excluding tert-OH is 1. The predicted molar refractivity (Wildman–Crippen MR) is 90.6 cm³/mol. The van der Waals surface area contributed by atoms with Crippen molar-refractivity contribution in [2.75, 3.05) is 41.3 Å². The van der Waals surface area contributed by atoms with Crippen LogP contribution in [0.1, 0.15) is 38.5 Å². The zero-order valence-electron chi connectivity index (χ0n) is 15.6. The van der Waals surface area contributed by atoms with Crippen molar-refractivity contribution in [3.8, 4) is 0 Å². The van der Waals surface area contributed by atoms with Gasteiger partial charge in [0, 0.05) is 26.6 Å². The van der Waals surface area contributed by atoms with E-state index < -0.39 is 0 Å². The number of esters is 2. The molecule has 0 radical (unpaired) electrons. The fraction of sp³-hybridized carbons (Fsp3) is 0.889. The van der Waals surface area contributed by atoms with Crippen molar-refractivity contribution in [3.63, 3.8) is 0 Å². The van der Waals surface area contributed by atoms with Crippen molar-refractivity contribution in [1.29, 1.82) is 0 Å². The third-order valence-electron chi connectivity index (χ3n) is 4.85. The molecular formula is C18H32O7. The summed E-state index contributed by atoms with van der Waals surface area (Å²) in [7, 11) is 4.45. The van der Waals surface area contributed by atoms with Crippen LogP contribution in [0.2, 0.25) is 0 Å². The normalized spacial score (nSPS) is 27.2. The maximum absolute atomic E-state index is 10.9. The lowest BCUT2D eigenvalue weighted by atomic mass is 9.74. The molecule has 7 heteroatoms. The molecular weight excluding hydrogens is 328 g/mol. The van der Waals surface area contributed by atoms with Gasteiger partial charge in [0.2, 0.25) is 0 Å². The Morgan fingerprint density at radius 3 is 1.72 bits per heavy atom. The second-order valence-electron chi connectivity index (χ2n) is 6.93. The Kier molecular flexibility index (Phi) is 10.7. The number of hydrogen-bond donors (Lipinski definition) is 1. The van der Waals surface area contributed by atoms with E-state index in [1.807, 2.05) is 0 Å². The van der Waals surface area contributed by atoms with Crippen LogP contribution in [0.3, 0.4) is 0 Å². The van der Waals surface area contributed by atoms with E-state index in [1.165, 1.54) is 14.2 Å². The molecule has 1 N–H and O–H groups in total. The number of carbonyl (C=O) groups is 2. The van der Waals surface area contributed by atoms with E-state index in [9.17, 15) is 9.59 Å². The van der Waals surface area contributed by atoms with Gasteiger partial charge in [-0.15, -0.1) is 0 Å². The quantitative estimate of drug-likeness (QED) is 0.380. The van der Waals surface area contributed by atoms with E-state index in [2.05, 4.69) is 9.47 Å². The standard InChI is InChI=1S/C10H18O4.C8H14O3/c1-12-7-14-6-9-3-8(4-9)5-10(11)13-2;1-11-8(10)4-6-2-7(3-6)5-9/h8-9H,3-7H2,1-2H3;6-7,9H,2-5H2,1H3. The molecule has 146 valence electrons. The van der Waals surface area contributed by atoms with Gasteiger partial charge in [0.05, 0.1) is 20.8 Å². The largest absolute Gasteiger partial charge is 0.469 e. The zero-order chi connectivity index (χ0) is 18.7. The lowest BCUT2D eigenvalue weighted by Gasteiger charge is -2.34. The smallest absolute Gasteiger partial charge is 0.305 e. The van der Waals surface area contributed by atoms with Crippen molar-refractivity contribution in [1.82, 2.24) is 0 Å². The van der Waals surface area contributed by atoms with Crippen LogP contribution in [0, 0.1) is 23.7 Å². The molecule has 0 saturated heterocycles. The fourth-order valence-corrected chi connectivity index (χ4v) is 3.30. The molecule has 0 aromatic carbocycles. The van der Waals surface area contributed by atoms with E-state index in [4.69, 9.17) is 14.6 Å². The van der Waals surface area contributed by atoms with Crippen LogP contribution in [0.15, 0.2) is 0 Å². The van der Waals surface area contributed by atoms with Crippen LogP contribution in [-0.4, -0.2) is 58.4 Å². The molecule has 25 heavy (non-hydrogen) atoms. The molecule has 2 fully saturated rings. The van der Waals surface area contributed by atoms with Crippen LogP contribution < -0.4 is 0 Å². The second kappa shape index (κ2) is 12.2. The van der Waals surface area contributed by atoms with Crippen LogP contribution in [0.5, 0.6) is 0 Å². The van der Waals surface area contributed by atoms with Gasteiger partial charge in [-0.2, -0.15) is 0 Å². The Morgan fingerprint density at radius 1 is 0.840 bits per heavy atom. The highest BCUT2D eigenvalue weighted by molar-refractivity contribution is 5.69. The first-order valence-corrected chi connectivity index (χ1v) is 8.83. The van der Waals surface area contributed by atoms with Crippen LogP contribution >= 0.6 is 0 Å². The van der Waals surface area contributed by atoms with Crippen LogP contribution in [0.4, 0.5) is 0 Å². The summed E-state index contributed by atoms with van der Waals surface area (Å²) in [6, 6.07) is 0. The molecule has 0 aromatic heterocycles. The van der Waals surface area contributed by atoms with E-state index in [0.29, 0.717) is 43.3 Å². The third-order valence-corrected chi connectivity index (χ3v) is 4.85. The van der Waals surface area contributed by atoms with Gasteiger partial charge >= 0.3 is 11.9 Å². The third kappa shape index (κ3) is 8.65. The summed E-state index contributed by atoms with van der Waals surface area (Å²) in [6.45, 7) is 1.36. The van der Waals surface area contributed by atoms with Gasteiger partial charge in [-0.05, 0) is 49.4 Å². The topological polar surface area (TPSA) is 91.3 Å². The first-order chi connectivity index (χ1) is 12.0. The van der Waals surface area contributed by atoms with Crippen molar-refractivity contribution in [2.24, 2.45) is 23.7 Å². The highest BCUT2D eigenvalue weighted by Gasteiger charge is 2.31. The average Bonchev–Trinajstić information content (AvgIpc) is 2.55. The zero-order valence-corrected chi connectivity index (χ0v) is 15.6. The highest BCUT2D eigenvalue weighted by Crippen LogP contribution is 2.36. The minimum atomic E-state index is -0.133. The summed E-state index contributed by atoms with van der Waals surface area (Å²) in [5.74, 6) is 1.75. The molecule has 0 aromatic rings. The van der Waals surface area contributed by atoms with Gasteiger partial charge in [0.15, 0.2) is 0 Å². The van der Waals surface area contributed by atoms with Crippen LogP contribution in [-0.2, 0) is 28.5 Å². The second-order valence-corrected chi connectivity index (χ2v) is 6.93. The molecule has 0 amide bonds. The molecule has 0 unspecified atom stereocenters. The van der Waals surface area contributed by atoms with Gasteiger partial charge in [-0.25, -0.2) is 0 Å². The molecule has 2 saturated carbocycles. The molecule has 2 rings (SSSR count). The molecule has 0 bridgehead atoms. The van der Waals surface area contributed by atoms with Gasteiger partial charge in [-0.1, -0.05) is 0 Å². The molecule has 2 aliphatic carbocycles. The van der Waals surface area contributed by atoms with Crippen LogP contribution in [0.25, 0.3) is 0 Å². The van der Waals surface area contributed by atoms with Gasteiger partial charge in [0.1, 0.15) is 6.79 Å². The summed E-state index contributed by atoms with van der Waals surface area (Å²) < 4.78 is 19.1. The van der Waals surface area contributed by atoms with Gasteiger partial charge < -0.3 is 24.1 Å². The number of rotatable bonds is 9. The fourth-order valence-electron chi connectivity index (χ4n) is 3.30. The van der Waals surface area contributed by atoms with Crippen molar-refractivity contribution >= 4 is 11.9 Å². The minimum absolute atomic E-state index is 0.105. The maximum Gasteiger partial charge on any atom is 0.305 e. The molecule has 0 spiro atoms.